The molecule has 0 radical (unpaired) electrons. The summed E-state index contributed by atoms with van der Waals surface area (Å²) >= 11 is 0. The number of hydrogen-bond acceptors (Lipinski definition) is 5. The van der Waals surface area contributed by atoms with Gasteiger partial charge in [-0.1, -0.05) is 13.8 Å². The first-order valence-corrected chi connectivity index (χ1v) is 10.7. The molecule has 6 heteroatoms. The van der Waals surface area contributed by atoms with E-state index >= 15 is 0 Å². The average Bonchev–Trinajstić information content (AvgIpc) is 3.52. The Morgan fingerprint density at radius 2 is 1.93 bits per heavy atom. The van der Waals surface area contributed by atoms with Crippen LogP contribution in [0.2, 0.25) is 0 Å². The third-order valence-electron chi connectivity index (χ3n) is 6.37. The van der Waals surface area contributed by atoms with Crippen LogP contribution in [0.15, 0.2) is 12.5 Å². The Hall–Kier alpha value is -1.69. The van der Waals surface area contributed by atoms with E-state index in [9.17, 15) is 4.79 Å². The summed E-state index contributed by atoms with van der Waals surface area (Å²) in [6, 6.07) is 1.07. The van der Waals surface area contributed by atoms with Crippen molar-refractivity contribution < 1.29 is 4.79 Å². The van der Waals surface area contributed by atoms with Gasteiger partial charge in [-0.05, 0) is 51.0 Å². The Balaban J connectivity index is 1.33. The quantitative estimate of drug-likeness (QED) is 0.862. The second kappa shape index (κ2) is 8.13. The molecule has 0 spiro atoms. The lowest BCUT2D eigenvalue weighted by atomic mass is 9.93. The number of amides is 1. The molecule has 1 aromatic rings. The van der Waals surface area contributed by atoms with Crippen LogP contribution in [0.5, 0.6) is 0 Å². The zero-order valence-corrected chi connectivity index (χ0v) is 16.7. The first kappa shape index (κ1) is 18.7. The fourth-order valence-corrected chi connectivity index (χ4v) is 4.55. The van der Waals surface area contributed by atoms with Gasteiger partial charge < -0.3 is 10.2 Å². The van der Waals surface area contributed by atoms with Crippen molar-refractivity contribution in [3.8, 4) is 0 Å². The van der Waals surface area contributed by atoms with Gasteiger partial charge in [0.05, 0.1) is 5.92 Å². The van der Waals surface area contributed by atoms with Gasteiger partial charge in [-0.2, -0.15) is 0 Å². The van der Waals surface area contributed by atoms with E-state index in [0.29, 0.717) is 23.9 Å². The van der Waals surface area contributed by atoms with Crippen LogP contribution in [-0.4, -0.2) is 59.0 Å². The molecule has 1 aliphatic carbocycles. The number of anilines is 1. The molecule has 0 aromatic carbocycles. The van der Waals surface area contributed by atoms with Gasteiger partial charge in [-0.3, -0.25) is 9.69 Å². The van der Waals surface area contributed by atoms with E-state index in [1.807, 2.05) is 6.20 Å². The van der Waals surface area contributed by atoms with E-state index in [-0.39, 0.29) is 5.92 Å². The molecule has 6 nitrogen and oxygen atoms in total. The van der Waals surface area contributed by atoms with Crippen molar-refractivity contribution in [1.82, 2.24) is 20.2 Å². The summed E-state index contributed by atoms with van der Waals surface area (Å²) < 4.78 is 0. The molecule has 3 fully saturated rings. The van der Waals surface area contributed by atoms with Gasteiger partial charge in [0.15, 0.2) is 0 Å². The van der Waals surface area contributed by atoms with Crippen molar-refractivity contribution in [2.45, 2.75) is 70.4 Å². The SMILES string of the molecule is CC(C)c1cncnc1N1CCC(N2CCCC(C(=O)NC3CC3)C2)CC1. The number of likely N-dealkylation sites (tertiary alicyclic amines) is 1. The molecule has 3 heterocycles. The van der Waals surface area contributed by atoms with Gasteiger partial charge in [0, 0.05) is 43.5 Å². The first-order chi connectivity index (χ1) is 13.1. The average molecular weight is 372 g/mol. The summed E-state index contributed by atoms with van der Waals surface area (Å²) in [4.78, 5) is 26.3. The summed E-state index contributed by atoms with van der Waals surface area (Å²) in [7, 11) is 0. The molecule has 1 N–H and O–H groups in total. The highest BCUT2D eigenvalue weighted by Gasteiger charge is 2.34. The summed E-state index contributed by atoms with van der Waals surface area (Å²) in [6.07, 6.45) is 10.5. The van der Waals surface area contributed by atoms with Crippen molar-refractivity contribution in [3.63, 3.8) is 0 Å². The van der Waals surface area contributed by atoms with Crippen LogP contribution in [-0.2, 0) is 4.79 Å². The zero-order valence-electron chi connectivity index (χ0n) is 16.7. The van der Waals surface area contributed by atoms with Gasteiger partial charge >= 0.3 is 0 Å². The van der Waals surface area contributed by atoms with Gasteiger partial charge in [0.1, 0.15) is 12.1 Å². The summed E-state index contributed by atoms with van der Waals surface area (Å²) in [5.41, 5.74) is 1.24. The Labute approximate surface area is 162 Å². The van der Waals surface area contributed by atoms with E-state index in [0.717, 1.165) is 57.7 Å². The molecule has 1 atom stereocenters. The van der Waals surface area contributed by atoms with Crippen LogP contribution in [0, 0.1) is 5.92 Å². The first-order valence-electron chi connectivity index (χ1n) is 10.7. The molecule has 4 rings (SSSR count). The number of piperidine rings is 2. The third-order valence-corrected chi connectivity index (χ3v) is 6.37. The monoisotopic (exact) mass is 371 g/mol. The second-order valence-corrected chi connectivity index (χ2v) is 8.79. The molecule has 0 bridgehead atoms. The van der Waals surface area contributed by atoms with Crippen molar-refractivity contribution in [3.05, 3.63) is 18.1 Å². The normalized spacial score (nSPS) is 25.0. The highest BCUT2D eigenvalue weighted by molar-refractivity contribution is 5.79. The van der Waals surface area contributed by atoms with Crippen LogP contribution in [0.25, 0.3) is 0 Å². The number of carbonyl (C=O) groups excluding carboxylic acids is 1. The predicted octanol–water partition coefficient (Wildman–Crippen LogP) is 2.56. The summed E-state index contributed by atoms with van der Waals surface area (Å²) in [6.45, 7) is 8.56. The van der Waals surface area contributed by atoms with Crippen molar-refractivity contribution in [1.29, 1.82) is 0 Å². The molecule has 27 heavy (non-hydrogen) atoms. The highest BCUT2D eigenvalue weighted by Crippen LogP contribution is 2.30. The van der Waals surface area contributed by atoms with E-state index < -0.39 is 0 Å². The lowest BCUT2D eigenvalue weighted by molar-refractivity contribution is -0.127. The third kappa shape index (κ3) is 4.42. The minimum absolute atomic E-state index is 0.187. The Kier molecular flexibility index (Phi) is 5.62. The van der Waals surface area contributed by atoms with Gasteiger partial charge in [0.25, 0.3) is 0 Å². The fraction of sp³-hybridized carbons (Fsp3) is 0.762. The second-order valence-electron chi connectivity index (χ2n) is 8.79. The Morgan fingerprint density at radius 3 is 2.63 bits per heavy atom. The lowest BCUT2D eigenvalue weighted by Gasteiger charge is -2.42. The van der Waals surface area contributed by atoms with Crippen LogP contribution in [0.3, 0.4) is 0 Å². The zero-order chi connectivity index (χ0) is 18.8. The van der Waals surface area contributed by atoms with Crippen molar-refractivity contribution in [2.75, 3.05) is 31.1 Å². The Bertz CT molecular complexity index is 652. The maximum absolute atomic E-state index is 12.5. The summed E-state index contributed by atoms with van der Waals surface area (Å²) in [5, 5.41) is 3.20. The van der Waals surface area contributed by atoms with E-state index in [1.165, 1.54) is 18.4 Å². The minimum Gasteiger partial charge on any atom is -0.356 e. The maximum Gasteiger partial charge on any atom is 0.224 e. The highest BCUT2D eigenvalue weighted by atomic mass is 16.2. The van der Waals surface area contributed by atoms with E-state index in [4.69, 9.17) is 0 Å². The number of nitrogens with one attached hydrogen (secondary N) is 1. The molecule has 2 aliphatic heterocycles. The number of hydrogen-bond donors (Lipinski definition) is 1. The predicted molar refractivity (Wildman–Crippen MR) is 107 cm³/mol. The molecular weight excluding hydrogens is 338 g/mol. The number of rotatable bonds is 5. The van der Waals surface area contributed by atoms with Crippen LogP contribution in [0.1, 0.15) is 63.9 Å². The van der Waals surface area contributed by atoms with Crippen molar-refractivity contribution in [2.24, 2.45) is 5.92 Å². The number of aromatic nitrogens is 2. The molecule has 1 aromatic heterocycles. The molecular formula is C21H33N5O. The molecule has 1 saturated carbocycles. The lowest BCUT2D eigenvalue weighted by Crippen LogP contribution is -2.51. The fourth-order valence-electron chi connectivity index (χ4n) is 4.55. The molecule has 148 valence electrons. The largest absolute Gasteiger partial charge is 0.356 e. The topological polar surface area (TPSA) is 61.4 Å². The summed E-state index contributed by atoms with van der Waals surface area (Å²) in [5.74, 6) is 2.03. The molecule has 3 aliphatic rings. The minimum atomic E-state index is 0.187. The van der Waals surface area contributed by atoms with Crippen LogP contribution in [0.4, 0.5) is 5.82 Å². The molecule has 2 saturated heterocycles. The smallest absolute Gasteiger partial charge is 0.224 e. The van der Waals surface area contributed by atoms with Gasteiger partial charge in [0.2, 0.25) is 5.91 Å². The Morgan fingerprint density at radius 1 is 1.15 bits per heavy atom. The standard InChI is InChI=1S/C21H33N5O/c1-15(2)19-12-22-14-23-20(19)25-10-7-18(8-11-25)26-9-3-4-16(13-26)21(27)24-17-5-6-17/h12,14-18H,3-11,13H2,1-2H3,(H,24,27). The maximum atomic E-state index is 12.5. The van der Waals surface area contributed by atoms with Crippen molar-refractivity contribution >= 4 is 11.7 Å². The van der Waals surface area contributed by atoms with Gasteiger partial charge in [-0.25, -0.2) is 9.97 Å². The van der Waals surface area contributed by atoms with Crippen LogP contribution < -0.4 is 10.2 Å². The van der Waals surface area contributed by atoms with Gasteiger partial charge in [-0.15, -0.1) is 0 Å². The molecule has 1 amide bonds. The molecule has 1 unspecified atom stereocenters. The van der Waals surface area contributed by atoms with E-state index in [1.54, 1.807) is 6.33 Å². The van der Waals surface area contributed by atoms with Crippen LogP contribution >= 0.6 is 0 Å². The van der Waals surface area contributed by atoms with E-state index in [2.05, 4.69) is 38.9 Å². The number of carbonyl (C=O) groups is 1. The number of nitrogens with zero attached hydrogens (tertiary/aromatic N) is 4.